The van der Waals surface area contributed by atoms with E-state index in [9.17, 15) is 13.6 Å². The molecule has 0 saturated carbocycles. The first-order valence-corrected chi connectivity index (χ1v) is 8.47. The van der Waals surface area contributed by atoms with Crippen molar-refractivity contribution in [1.82, 2.24) is 15.1 Å². The molecule has 1 amide bonds. The van der Waals surface area contributed by atoms with E-state index in [0.717, 1.165) is 25.5 Å². The second-order valence-electron chi connectivity index (χ2n) is 6.88. The summed E-state index contributed by atoms with van der Waals surface area (Å²) in [7, 11) is 3.88. The molecule has 1 aliphatic rings. The molecule has 0 unspecified atom stereocenters. The fourth-order valence-corrected chi connectivity index (χ4v) is 3.06. The minimum absolute atomic E-state index is 0.0353. The summed E-state index contributed by atoms with van der Waals surface area (Å²) in [6.07, 6.45) is 1.59. The maximum absolute atomic E-state index is 14.0. The van der Waals surface area contributed by atoms with Crippen LogP contribution in [0.3, 0.4) is 0 Å². The first-order chi connectivity index (χ1) is 11.4. The maximum atomic E-state index is 14.0. The van der Waals surface area contributed by atoms with Crippen LogP contribution in [0, 0.1) is 17.6 Å². The zero-order valence-electron chi connectivity index (χ0n) is 14.7. The second kappa shape index (κ2) is 8.53. The van der Waals surface area contributed by atoms with Crippen molar-refractivity contribution >= 4 is 5.91 Å². The number of nitrogens with one attached hydrogen (secondary N) is 1. The lowest BCUT2D eigenvalue weighted by Crippen LogP contribution is -2.45. The van der Waals surface area contributed by atoms with Crippen molar-refractivity contribution in [1.29, 1.82) is 0 Å². The van der Waals surface area contributed by atoms with E-state index in [1.165, 1.54) is 12.1 Å². The topological polar surface area (TPSA) is 35.6 Å². The van der Waals surface area contributed by atoms with E-state index in [-0.39, 0.29) is 18.4 Å². The van der Waals surface area contributed by atoms with E-state index in [0.29, 0.717) is 24.7 Å². The SMILES string of the molecule is C[C@H]1C[C@@H](C(=O)N(CCN(C)C)Cc2ccc(F)cc2F)CCN1. The monoisotopic (exact) mass is 339 g/mol. The molecule has 6 heteroatoms. The molecule has 0 radical (unpaired) electrons. The van der Waals surface area contributed by atoms with Crippen LogP contribution in [0.1, 0.15) is 25.3 Å². The molecule has 0 spiro atoms. The Kier molecular flexibility index (Phi) is 6.69. The highest BCUT2D eigenvalue weighted by Crippen LogP contribution is 2.21. The van der Waals surface area contributed by atoms with Gasteiger partial charge in [-0.2, -0.15) is 0 Å². The number of carbonyl (C=O) groups excluding carboxylic acids is 1. The number of likely N-dealkylation sites (N-methyl/N-ethyl adjacent to an activating group) is 1. The molecule has 4 nitrogen and oxygen atoms in total. The van der Waals surface area contributed by atoms with Crippen LogP contribution in [0.5, 0.6) is 0 Å². The third-order valence-electron chi connectivity index (χ3n) is 4.48. The molecule has 24 heavy (non-hydrogen) atoms. The van der Waals surface area contributed by atoms with E-state index < -0.39 is 11.6 Å². The molecule has 0 aliphatic carbocycles. The van der Waals surface area contributed by atoms with Gasteiger partial charge in [0, 0.05) is 43.2 Å². The van der Waals surface area contributed by atoms with Crippen molar-refractivity contribution in [2.45, 2.75) is 32.4 Å². The van der Waals surface area contributed by atoms with Crippen LogP contribution < -0.4 is 5.32 Å². The van der Waals surface area contributed by atoms with E-state index in [4.69, 9.17) is 0 Å². The molecule has 1 heterocycles. The Balaban J connectivity index is 2.12. The van der Waals surface area contributed by atoms with Crippen LogP contribution in [0.15, 0.2) is 18.2 Å². The largest absolute Gasteiger partial charge is 0.337 e. The predicted molar refractivity (Wildman–Crippen MR) is 90.5 cm³/mol. The van der Waals surface area contributed by atoms with Gasteiger partial charge in [0.25, 0.3) is 0 Å². The molecule has 0 aromatic heterocycles. The van der Waals surface area contributed by atoms with Crippen LogP contribution in [0.2, 0.25) is 0 Å². The predicted octanol–water partition coefficient (Wildman–Crippen LogP) is 2.24. The molecule has 1 fully saturated rings. The number of piperidine rings is 1. The molecule has 134 valence electrons. The average Bonchev–Trinajstić information content (AvgIpc) is 2.52. The average molecular weight is 339 g/mol. The van der Waals surface area contributed by atoms with Crippen LogP contribution in [-0.2, 0) is 11.3 Å². The van der Waals surface area contributed by atoms with E-state index >= 15 is 0 Å². The van der Waals surface area contributed by atoms with Crippen molar-refractivity contribution in [3.63, 3.8) is 0 Å². The number of rotatable bonds is 6. The lowest BCUT2D eigenvalue weighted by molar-refractivity contribution is -0.137. The van der Waals surface area contributed by atoms with Crippen LogP contribution >= 0.6 is 0 Å². The zero-order valence-corrected chi connectivity index (χ0v) is 14.7. The van der Waals surface area contributed by atoms with Crippen molar-refractivity contribution in [2.24, 2.45) is 5.92 Å². The number of amides is 1. The minimum atomic E-state index is -0.602. The maximum Gasteiger partial charge on any atom is 0.226 e. The smallest absolute Gasteiger partial charge is 0.226 e. The summed E-state index contributed by atoms with van der Waals surface area (Å²) >= 11 is 0. The highest BCUT2D eigenvalue weighted by atomic mass is 19.1. The fraction of sp³-hybridized carbons (Fsp3) is 0.611. The third kappa shape index (κ3) is 5.24. The number of hydrogen-bond acceptors (Lipinski definition) is 3. The number of halogens is 2. The summed E-state index contributed by atoms with van der Waals surface area (Å²) in [5.41, 5.74) is 0.352. The molecular weight excluding hydrogens is 312 g/mol. The molecule has 2 atom stereocenters. The van der Waals surface area contributed by atoms with Gasteiger partial charge in [0.2, 0.25) is 5.91 Å². The molecule has 0 bridgehead atoms. The number of hydrogen-bond donors (Lipinski definition) is 1. The van der Waals surface area contributed by atoms with Crippen molar-refractivity contribution < 1.29 is 13.6 Å². The van der Waals surface area contributed by atoms with Gasteiger partial charge in [-0.15, -0.1) is 0 Å². The second-order valence-corrected chi connectivity index (χ2v) is 6.88. The molecule has 1 aromatic carbocycles. The Hall–Kier alpha value is -1.53. The number of benzene rings is 1. The van der Waals surface area contributed by atoms with Gasteiger partial charge < -0.3 is 15.1 Å². The van der Waals surface area contributed by atoms with Gasteiger partial charge in [0.05, 0.1) is 0 Å². The standard InChI is InChI=1S/C18H27F2N3O/c1-13-10-14(6-7-21-13)18(24)23(9-8-22(2)3)12-15-4-5-16(19)11-17(15)20/h4-5,11,13-14,21H,6-10,12H2,1-3H3/t13-,14-/m0/s1. The Morgan fingerprint density at radius 2 is 2.04 bits per heavy atom. The van der Waals surface area contributed by atoms with Crippen molar-refractivity contribution in [3.05, 3.63) is 35.4 Å². The fourth-order valence-electron chi connectivity index (χ4n) is 3.06. The van der Waals surface area contributed by atoms with Gasteiger partial charge in [-0.25, -0.2) is 8.78 Å². The molecule has 2 rings (SSSR count). The quantitative estimate of drug-likeness (QED) is 0.863. The Morgan fingerprint density at radius 3 is 2.67 bits per heavy atom. The highest BCUT2D eigenvalue weighted by Gasteiger charge is 2.29. The molecule has 1 aromatic rings. The summed E-state index contributed by atoms with van der Waals surface area (Å²) in [6, 6.07) is 3.84. The van der Waals surface area contributed by atoms with Gasteiger partial charge >= 0.3 is 0 Å². The van der Waals surface area contributed by atoms with E-state index in [2.05, 4.69) is 12.2 Å². The first-order valence-electron chi connectivity index (χ1n) is 8.47. The van der Waals surface area contributed by atoms with Gasteiger partial charge in [-0.05, 0) is 46.5 Å². The van der Waals surface area contributed by atoms with E-state index in [1.807, 2.05) is 19.0 Å². The summed E-state index contributed by atoms with van der Waals surface area (Å²) in [6.45, 7) is 4.31. The molecule has 1 saturated heterocycles. The summed E-state index contributed by atoms with van der Waals surface area (Å²) in [4.78, 5) is 16.6. The minimum Gasteiger partial charge on any atom is -0.337 e. The summed E-state index contributed by atoms with van der Waals surface area (Å²) in [5, 5.41) is 3.34. The van der Waals surface area contributed by atoms with Crippen LogP contribution in [0.25, 0.3) is 0 Å². The molecular formula is C18H27F2N3O. The van der Waals surface area contributed by atoms with Gasteiger partial charge in [-0.3, -0.25) is 4.79 Å². The Bertz CT molecular complexity index is 565. The number of nitrogens with zero attached hydrogens (tertiary/aromatic N) is 2. The molecule has 1 N–H and O–H groups in total. The lowest BCUT2D eigenvalue weighted by atomic mass is 9.92. The summed E-state index contributed by atoms with van der Waals surface area (Å²) < 4.78 is 27.1. The third-order valence-corrected chi connectivity index (χ3v) is 4.48. The van der Waals surface area contributed by atoms with Crippen molar-refractivity contribution in [2.75, 3.05) is 33.7 Å². The van der Waals surface area contributed by atoms with Gasteiger partial charge in [0.15, 0.2) is 0 Å². The normalized spacial score (nSPS) is 21.1. The summed E-state index contributed by atoms with van der Waals surface area (Å²) in [5.74, 6) is -1.17. The van der Waals surface area contributed by atoms with Gasteiger partial charge in [0.1, 0.15) is 11.6 Å². The van der Waals surface area contributed by atoms with Crippen LogP contribution in [-0.4, -0.2) is 55.5 Å². The lowest BCUT2D eigenvalue weighted by Gasteiger charge is -2.33. The van der Waals surface area contributed by atoms with Crippen LogP contribution in [0.4, 0.5) is 8.78 Å². The Labute approximate surface area is 142 Å². The Morgan fingerprint density at radius 1 is 1.29 bits per heavy atom. The van der Waals surface area contributed by atoms with Crippen molar-refractivity contribution in [3.8, 4) is 0 Å². The van der Waals surface area contributed by atoms with Gasteiger partial charge in [-0.1, -0.05) is 6.07 Å². The zero-order chi connectivity index (χ0) is 17.7. The number of carbonyl (C=O) groups is 1. The molecule has 1 aliphatic heterocycles. The highest BCUT2D eigenvalue weighted by molar-refractivity contribution is 5.79. The van der Waals surface area contributed by atoms with E-state index in [1.54, 1.807) is 4.90 Å². The first kappa shape index (κ1) is 18.8.